The van der Waals surface area contributed by atoms with Crippen LogP contribution in [-0.2, 0) is 9.47 Å². The molecule has 1 atom stereocenters. The van der Waals surface area contributed by atoms with Gasteiger partial charge in [-0.1, -0.05) is 60.9 Å². The Morgan fingerprint density at radius 3 is 2.06 bits per heavy atom. The van der Waals surface area contributed by atoms with Crippen molar-refractivity contribution in [1.29, 1.82) is 0 Å². The molecule has 0 aliphatic carbocycles. The fraction of sp³-hybridized carbons (Fsp3) is 1.00. The molecular formula is C15H29BrO2. The number of unbranched alkanes of at least 4 members (excludes halogenated alkanes) is 8. The molecule has 108 valence electrons. The number of rotatable bonds is 12. The lowest BCUT2D eigenvalue weighted by Crippen LogP contribution is -2.11. The lowest BCUT2D eigenvalue weighted by molar-refractivity contribution is -0.111. The van der Waals surface area contributed by atoms with Crippen LogP contribution in [0.4, 0.5) is 0 Å². The minimum Gasteiger partial charge on any atom is -0.353 e. The van der Waals surface area contributed by atoms with E-state index < -0.39 is 0 Å². The van der Waals surface area contributed by atoms with E-state index in [-0.39, 0.29) is 6.29 Å². The molecule has 1 unspecified atom stereocenters. The van der Waals surface area contributed by atoms with Crippen molar-refractivity contribution in [3.05, 3.63) is 0 Å². The van der Waals surface area contributed by atoms with E-state index in [4.69, 9.17) is 9.47 Å². The van der Waals surface area contributed by atoms with Crippen molar-refractivity contribution in [3.63, 3.8) is 0 Å². The summed E-state index contributed by atoms with van der Waals surface area (Å²) in [7, 11) is 0. The van der Waals surface area contributed by atoms with Gasteiger partial charge in [0.2, 0.25) is 0 Å². The first-order valence-electron chi connectivity index (χ1n) is 7.72. The Labute approximate surface area is 121 Å². The Hall–Kier alpha value is 0.400. The van der Waals surface area contributed by atoms with Gasteiger partial charge in [-0.3, -0.25) is 0 Å². The van der Waals surface area contributed by atoms with Gasteiger partial charge in [0.05, 0.1) is 0 Å². The van der Waals surface area contributed by atoms with Crippen molar-refractivity contribution < 1.29 is 9.47 Å². The number of alkyl halides is 1. The van der Waals surface area contributed by atoms with Crippen LogP contribution < -0.4 is 0 Å². The molecule has 1 aliphatic rings. The third-order valence-corrected chi connectivity index (χ3v) is 4.03. The monoisotopic (exact) mass is 320 g/mol. The summed E-state index contributed by atoms with van der Waals surface area (Å²) in [5, 5.41) is 1.16. The predicted octanol–water partition coefficient (Wildman–Crippen LogP) is 5.05. The first-order chi connectivity index (χ1) is 8.93. The SMILES string of the molecule is BrCCCCCCCCCCCOC1CCCO1. The van der Waals surface area contributed by atoms with Crippen LogP contribution in [0.15, 0.2) is 0 Å². The molecule has 1 aliphatic heterocycles. The van der Waals surface area contributed by atoms with Gasteiger partial charge in [-0.15, -0.1) is 0 Å². The molecule has 0 aromatic heterocycles. The third-order valence-electron chi connectivity index (χ3n) is 3.47. The highest BCUT2D eigenvalue weighted by Crippen LogP contribution is 2.14. The quantitative estimate of drug-likeness (QED) is 0.370. The summed E-state index contributed by atoms with van der Waals surface area (Å²) in [4.78, 5) is 0. The van der Waals surface area contributed by atoms with Gasteiger partial charge in [0.15, 0.2) is 6.29 Å². The molecule has 3 heteroatoms. The summed E-state index contributed by atoms with van der Waals surface area (Å²) in [6, 6.07) is 0. The predicted molar refractivity (Wildman–Crippen MR) is 80.3 cm³/mol. The molecule has 1 rings (SSSR count). The van der Waals surface area contributed by atoms with E-state index >= 15 is 0 Å². The topological polar surface area (TPSA) is 18.5 Å². The van der Waals surface area contributed by atoms with Gasteiger partial charge in [-0.2, -0.15) is 0 Å². The van der Waals surface area contributed by atoms with Crippen molar-refractivity contribution in [3.8, 4) is 0 Å². The van der Waals surface area contributed by atoms with E-state index in [0.717, 1.165) is 25.0 Å². The maximum atomic E-state index is 5.65. The fourth-order valence-electron chi connectivity index (χ4n) is 2.33. The van der Waals surface area contributed by atoms with Crippen LogP contribution in [0.3, 0.4) is 0 Å². The van der Waals surface area contributed by atoms with Crippen molar-refractivity contribution in [1.82, 2.24) is 0 Å². The summed E-state index contributed by atoms with van der Waals surface area (Å²) in [5.74, 6) is 0. The van der Waals surface area contributed by atoms with E-state index in [9.17, 15) is 0 Å². The first kappa shape index (κ1) is 16.5. The highest BCUT2D eigenvalue weighted by Gasteiger charge is 2.14. The zero-order valence-electron chi connectivity index (χ0n) is 11.7. The molecule has 0 aromatic carbocycles. The molecule has 0 aromatic rings. The Morgan fingerprint density at radius 2 is 1.50 bits per heavy atom. The van der Waals surface area contributed by atoms with E-state index in [0.29, 0.717) is 0 Å². The van der Waals surface area contributed by atoms with Crippen LogP contribution in [0.2, 0.25) is 0 Å². The summed E-state index contributed by atoms with van der Waals surface area (Å²) >= 11 is 3.47. The van der Waals surface area contributed by atoms with Crippen LogP contribution in [0, 0.1) is 0 Å². The second-order valence-corrected chi connectivity index (χ2v) is 5.98. The average Bonchev–Trinajstić information content (AvgIpc) is 2.89. The normalized spacial score (nSPS) is 19.5. The zero-order chi connectivity index (χ0) is 12.9. The van der Waals surface area contributed by atoms with Crippen molar-refractivity contribution in [2.75, 3.05) is 18.5 Å². The van der Waals surface area contributed by atoms with Gasteiger partial charge < -0.3 is 9.47 Å². The highest BCUT2D eigenvalue weighted by molar-refractivity contribution is 9.09. The standard InChI is InChI=1S/C15H29BrO2/c16-12-8-6-4-2-1-3-5-7-9-13-17-15-11-10-14-18-15/h15H,1-14H2. The molecular weight excluding hydrogens is 292 g/mol. The van der Waals surface area contributed by atoms with Crippen LogP contribution in [0.5, 0.6) is 0 Å². The van der Waals surface area contributed by atoms with Crippen LogP contribution in [-0.4, -0.2) is 24.8 Å². The number of halogens is 1. The molecule has 0 bridgehead atoms. The molecule has 0 saturated carbocycles. The van der Waals surface area contributed by atoms with Gasteiger partial charge in [0.1, 0.15) is 0 Å². The molecule has 0 N–H and O–H groups in total. The summed E-state index contributed by atoms with van der Waals surface area (Å²) in [6.07, 6.45) is 14.6. The van der Waals surface area contributed by atoms with Gasteiger partial charge >= 0.3 is 0 Å². The number of hydrogen-bond acceptors (Lipinski definition) is 2. The number of hydrogen-bond donors (Lipinski definition) is 0. The second-order valence-electron chi connectivity index (χ2n) is 5.18. The maximum Gasteiger partial charge on any atom is 0.157 e. The van der Waals surface area contributed by atoms with E-state index in [1.807, 2.05) is 0 Å². The minimum absolute atomic E-state index is 0.111. The molecule has 0 radical (unpaired) electrons. The summed E-state index contributed by atoms with van der Waals surface area (Å²) < 4.78 is 11.1. The summed E-state index contributed by atoms with van der Waals surface area (Å²) in [6.45, 7) is 1.77. The van der Waals surface area contributed by atoms with E-state index in [1.165, 1.54) is 64.2 Å². The Kier molecular flexibility index (Phi) is 11.4. The molecule has 18 heavy (non-hydrogen) atoms. The molecule has 1 heterocycles. The first-order valence-corrected chi connectivity index (χ1v) is 8.85. The lowest BCUT2D eigenvalue weighted by atomic mass is 10.1. The molecule has 1 fully saturated rings. The van der Waals surface area contributed by atoms with Crippen molar-refractivity contribution in [2.24, 2.45) is 0 Å². The lowest BCUT2D eigenvalue weighted by Gasteiger charge is -2.10. The van der Waals surface area contributed by atoms with Gasteiger partial charge in [-0.05, 0) is 19.3 Å². The third kappa shape index (κ3) is 9.35. The molecule has 1 saturated heterocycles. The zero-order valence-corrected chi connectivity index (χ0v) is 13.3. The molecule has 0 amide bonds. The molecule has 2 nitrogen and oxygen atoms in total. The van der Waals surface area contributed by atoms with Crippen molar-refractivity contribution >= 4 is 15.9 Å². The van der Waals surface area contributed by atoms with Crippen LogP contribution in [0.25, 0.3) is 0 Å². The average molecular weight is 321 g/mol. The van der Waals surface area contributed by atoms with Gasteiger partial charge in [0, 0.05) is 25.0 Å². The minimum atomic E-state index is 0.111. The Balaban J connectivity index is 1.68. The maximum absolute atomic E-state index is 5.65. The van der Waals surface area contributed by atoms with Crippen molar-refractivity contribution in [2.45, 2.75) is 76.9 Å². The van der Waals surface area contributed by atoms with Crippen LogP contribution in [0.1, 0.15) is 70.6 Å². The fourth-order valence-corrected chi connectivity index (χ4v) is 2.72. The Morgan fingerprint density at radius 1 is 0.889 bits per heavy atom. The number of ether oxygens (including phenoxy) is 2. The Bertz CT molecular complexity index is 170. The van der Waals surface area contributed by atoms with Crippen LogP contribution >= 0.6 is 15.9 Å². The molecule has 0 spiro atoms. The van der Waals surface area contributed by atoms with E-state index in [1.54, 1.807) is 0 Å². The highest BCUT2D eigenvalue weighted by atomic mass is 79.9. The van der Waals surface area contributed by atoms with Gasteiger partial charge in [-0.25, -0.2) is 0 Å². The smallest absolute Gasteiger partial charge is 0.157 e. The summed E-state index contributed by atoms with van der Waals surface area (Å²) in [5.41, 5.74) is 0. The second kappa shape index (κ2) is 12.4. The largest absolute Gasteiger partial charge is 0.353 e. The van der Waals surface area contributed by atoms with Gasteiger partial charge in [0.25, 0.3) is 0 Å². The van der Waals surface area contributed by atoms with E-state index in [2.05, 4.69) is 15.9 Å².